The van der Waals surface area contributed by atoms with Gasteiger partial charge in [-0.25, -0.2) is 0 Å². The molecule has 0 saturated heterocycles. The molecule has 0 radical (unpaired) electrons. The Hall–Kier alpha value is -0.600. The van der Waals surface area contributed by atoms with Crippen molar-refractivity contribution in [1.82, 2.24) is 5.32 Å². The van der Waals surface area contributed by atoms with Crippen LogP contribution in [-0.2, 0) is 6.42 Å². The van der Waals surface area contributed by atoms with E-state index in [0.29, 0.717) is 6.04 Å². The summed E-state index contributed by atoms with van der Waals surface area (Å²) in [6.07, 6.45) is 4.06. The molecule has 0 bridgehead atoms. The first kappa shape index (κ1) is 12.5. The predicted molar refractivity (Wildman–Crippen MR) is 70.1 cm³/mol. The van der Waals surface area contributed by atoms with Crippen molar-refractivity contribution >= 4 is 15.9 Å². The van der Waals surface area contributed by atoms with Gasteiger partial charge < -0.3 is 5.32 Å². The van der Waals surface area contributed by atoms with Gasteiger partial charge in [-0.2, -0.15) is 0 Å². The van der Waals surface area contributed by atoms with Crippen LogP contribution in [0.5, 0.6) is 0 Å². The van der Waals surface area contributed by atoms with Gasteiger partial charge in [-0.05, 0) is 37.1 Å². The van der Waals surface area contributed by atoms with Gasteiger partial charge in [0.1, 0.15) is 0 Å². The van der Waals surface area contributed by atoms with E-state index in [1.807, 2.05) is 6.08 Å². The second-order valence-corrected chi connectivity index (χ2v) is 4.53. The predicted octanol–water partition coefficient (Wildman–Crippen LogP) is 3.55. The van der Waals surface area contributed by atoms with Gasteiger partial charge in [-0.15, -0.1) is 6.58 Å². The molecule has 0 fully saturated rings. The summed E-state index contributed by atoms with van der Waals surface area (Å²) in [6.45, 7) is 6.94. The SMILES string of the molecule is C=CCC(Cc1ccc(Br)cc1)NCC. The third kappa shape index (κ3) is 4.63. The summed E-state index contributed by atoms with van der Waals surface area (Å²) in [4.78, 5) is 0. The van der Waals surface area contributed by atoms with E-state index < -0.39 is 0 Å². The summed E-state index contributed by atoms with van der Waals surface area (Å²) in [6, 6.07) is 9.02. The zero-order valence-corrected chi connectivity index (χ0v) is 10.8. The molecule has 1 aromatic rings. The lowest BCUT2D eigenvalue weighted by Crippen LogP contribution is -2.30. The lowest BCUT2D eigenvalue weighted by atomic mass is 10.0. The average molecular weight is 268 g/mol. The number of likely N-dealkylation sites (N-methyl/N-ethyl adjacent to an activating group) is 1. The second-order valence-electron chi connectivity index (χ2n) is 3.61. The number of hydrogen-bond donors (Lipinski definition) is 1. The standard InChI is InChI=1S/C13H18BrN/c1-3-5-13(15-4-2)10-11-6-8-12(14)9-7-11/h3,6-9,13,15H,1,4-5,10H2,2H3. The van der Waals surface area contributed by atoms with Crippen molar-refractivity contribution in [3.8, 4) is 0 Å². The maximum Gasteiger partial charge on any atom is 0.0175 e. The van der Waals surface area contributed by atoms with Crippen LogP contribution in [0, 0.1) is 0 Å². The molecule has 0 saturated carbocycles. The molecule has 0 aliphatic heterocycles. The quantitative estimate of drug-likeness (QED) is 0.778. The van der Waals surface area contributed by atoms with Gasteiger partial charge in [0.25, 0.3) is 0 Å². The van der Waals surface area contributed by atoms with E-state index in [1.54, 1.807) is 0 Å². The Morgan fingerprint density at radius 3 is 2.60 bits per heavy atom. The lowest BCUT2D eigenvalue weighted by molar-refractivity contribution is 0.529. The van der Waals surface area contributed by atoms with Crippen LogP contribution >= 0.6 is 15.9 Å². The molecule has 0 aromatic heterocycles. The second kappa shape index (κ2) is 6.81. The minimum atomic E-state index is 0.508. The number of benzene rings is 1. The van der Waals surface area contributed by atoms with Crippen molar-refractivity contribution in [1.29, 1.82) is 0 Å². The van der Waals surface area contributed by atoms with E-state index in [9.17, 15) is 0 Å². The van der Waals surface area contributed by atoms with E-state index in [4.69, 9.17) is 0 Å². The number of hydrogen-bond acceptors (Lipinski definition) is 1. The molecule has 1 unspecified atom stereocenters. The lowest BCUT2D eigenvalue weighted by Gasteiger charge is -2.15. The monoisotopic (exact) mass is 267 g/mol. The van der Waals surface area contributed by atoms with Gasteiger partial charge in [-0.3, -0.25) is 0 Å². The van der Waals surface area contributed by atoms with Crippen LogP contribution in [0.1, 0.15) is 18.9 Å². The van der Waals surface area contributed by atoms with Crippen LogP contribution in [0.25, 0.3) is 0 Å². The average Bonchev–Trinajstić information content (AvgIpc) is 2.22. The molecule has 0 heterocycles. The van der Waals surface area contributed by atoms with Crippen LogP contribution in [-0.4, -0.2) is 12.6 Å². The Kier molecular flexibility index (Phi) is 5.66. The number of rotatable bonds is 6. The number of halogens is 1. The minimum Gasteiger partial charge on any atom is -0.314 e. The summed E-state index contributed by atoms with van der Waals surface area (Å²) in [5, 5.41) is 3.46. The Morgan fingerprint density at radius 1 is 1.40 bits per heavy atom. The molecule has 82 valence electrons. The van der Waals surface area contributed by atoms with Crippen molar-refractivity contribution < 1.29 is 0 Å². The summed E-state index contributed by atoms with van der Waals surface area (Å²) in [5.74, 6) is 0. The molecule has 0 spiro atoms. The zero-order valence-electron chi connectivity index (χ0n) is 9.17. The highest BCUT2D eigenvalue weighted by Crippen LogP contribution is 2.12. The first-order valence-electron chi connectivity index (χ1n) is 5.35. The van der Waals surface area contributed by atoms with Gasteiger partial charge in [0.05, 0.1) is 0 Å². The van der Waals surface area contributed by atoms with Crippen molar-refractivity contribution in [2.24, 2.45) is 0 Å². The Morgan fingerprint density at radius 2 is 2.07 bits per heavy atom. The van der Waals surface area contributed by atoms with Crippen LogP contribution in [0.4, 0.5) is 0 Å². The van der Waals surface area contributed by atoms with E-state index in [1.165, 1.54) is 5.56 Å². The summed E-state index contributed by atoms with van der Waals surface area (Å²) in [5.41, 5.74) is 1.37. The molecule has 1 aromatic carbocycles. The molecule has 2 heteroatoms. The summed E-state index contributed by atoms with van der Waals surface area (Å²) >= 11 is 3.44. The van der Waals surface area contributed by atoms with Crippen LogP contribution < -0.4 is 5.32 Å². The maximum atomic E-state index is 3.79. The third-order valence-corrected chi connectivity index (χ3v) is 2.87. The molecule has 0 amide bonds. The first-order chi connectivity index (χ1) is 7.26. The Bertz CT molecular complexity index is 292. The summed E-state index contributed by atoms with van der Waals surface area (Å²) in [7, 11) is 0. The fraction of sp³-hybridized carbons (Fsp3) is 0.385. The number of nitrogens with one attached hydrogen (secondary N) is 1. The molecule has 0 aliphatic rings. The first-order valence-corrected chi connectivity index (χ1v) is 6.14. The Labute approximate surface area is 101 Å². The molecule has 1 atom stereocenters. The molecule has 1 rings (SSSR count). The van der Waals surface area contributed by atoms with Crippen molar-refractivity contribution in [2.75, 3.05) is 6.54 Å². The van der Waals surface area contributed by atoms with E-state index in [2.05, 4.69) is 59.0 Å². The van der Waals surface area contributed by atoms with Crippen LogP contribution in [0.15, 0.2) is 41.4 Å². The van der Waals surface area contributed by atoms with E-state index in [-0.39, 0.29) is 0 Å². The highest BCUT2D eigenvalue weighted by atomic mass is 79.9. The summed E-state index contributed by atoms with van der Waals surface area (Å²) < 4.78 is 1.13. The van der Waals surface area contributed by atoms with Crippen LogP contribution in [0.2, 0.25) is 0 Å². The molecule has 15 heavy (non-hydrogen) atoms. The molecule has 0 aliphatic carbocycles. The highest BCUT2D eigenvalue weighted by Gasteiger charge is 2.05. The topological polar surface area (TPSA) is 12.0 Å². The maximum absolute atomic E-state index is 3.79. The van der Waals surface area contributed by atoms with E-state index in [0.717, 1.165) is 23.9 Å². The van der Waals surface area contributed by atoms with Gasteiger partial charge >= 0.3 is 0 Å². The largest absolute Gasteiger partial charge is 0.314 e. The minimum absolute atomic E-state index is 0.508. The zero-order chi connectivity index (χ0) is 11.1. The van der Waals surface area contributed by atoms with Gasteiger partial charge in [-0.1, -0.05) is 41.1 Å². The fourth-order valence-electron chi connectivity index (χ4n) is 1.63. The third-order valence-electron chi connectivity index (χ3n) is 2.34. The highest BCUT2D eigenvalue weighted by molar-refractivity contribution is 9.10. The normalized spacial score (nSPS) is 12.4. The van der Waals surface area contributed by atoms with E-state index >= 15 is 0 Å². The Balaban J connectivity index is 2.56. The molecular weight excluding hydrogens is 250 g/mol. The van der Waals surface area contributed by atoms with Gasteiger partial charge in [0, 0.05) is 10.5 Å². The smallest absolute Gasteiger partial charge is 0.0175 e. The molecular formula is C13H18BrN. The molecule has 1 nitrogen and oxygen atoms in total. The van der Waals surface area contributed by atoms with Gasteiger partial charge in [0.2, 0.25) is 0 Å². The van der Waals surface area contributed by atoms with Crippen molar-refractivity contribution in [2.45, 2.75) is 25.8 Å². The van der Waals surface area contributed by atoms with Gasteiger partial charge in [0.15, 0.2) is 0 Å². The van der Waals surface area contributed by atoms with Crippen molar-refractivity contribution in [3.05, 3.63) is 47.0 Å². The molecule has 1 N–H and O–H groups in total. The fourth-order valence-corrected chi connectivity index (χ4v) is 1.90. The van der Waals surface area contributed by atoms with Crippen LogP contribution in [0.3, 0.4) is 0 Å². The van der Waals surface area contributed by atoms with Crippen molar-refractivity contribution in [3.63, 3.8) is 0 Å².